The van der Waals surface area contributed by atoms with E-state index in [0.717, 1.165) is 16.6 Å². The van der Waals surface area contributed by atoms with Crippen LogP contribution in [0, 0.1) is 10.1 Å². The number of aromatic nitrogens is 2. The Hall–Kier alpha value is -4.00. The van der Waals surface area contributed by atoms with Crippen molar-refractivity contribution >= 4 is 22.6 Å². The third-order valence-electron chi connectivity index (χ3n) is 4.64. The van der Waals surface area contributed by atoms with Gasteiger partial charge in [-0.3, -0.25) is 14.9 Å². The Balaban J connectivity index is 1.65. The number of rotatable bonds is 6. The van der Waals surface area contributed by atoms with Crippen LogP contribution in [0.15, 0.2) is 78.9 Å². The first-order chi connectivity index (χ1) is 14.1. The largest absolute Gasteiger partial charge is 0.342 e. The lowest BCUT2D eigenvalue weighted by Crippen LogP contribution is -2.30. The van der Waals surface area contributed by atoms with E-state index in [0.29, 0.717) is 12.2 Å². The van der Waals surface area contributed by atoms with Gasteiger partial charge in [-0.05, 0) is 30.2 Å². The van der Waals surface area contributed by atoms with E-state index in [9.17, 15) is 14.9 Å². The predicted octanol–water partition coefficient (Wildman–Crippen LogP) is 4.18. The van der Waals surface area contributed by atoms with Crippen molar-refractivity contribution in [2.24, 2.45) is 0 Å². The number of non-ortho nitro benzene ring substituents is 1. The number of nitrogens with one attached hydrogen (secondary N) is 2. The molecule has 3 aromatic carbocycles. The molecular weight excluding hydrogens is 368 g/mol. The summed E-state index contributed by atoms with van der Waals surface area (Å²) in [5, 5.41) is 14.0. The number of H-pyrrole nitrogens is 1. The first-order valence-corrected chi connectivity index (χ1v) is 9.14. The number of aromatic amines is 1. The highest BCUT2D eigenvalue weighted by Crippen LogP contribution is 2.21. The van der Waals surface area contributed by atoms with Gasteiger partial charge in [-0.1, -0.05) is 48.5 Å². The van der Waals surface area contributed by atoms with E-state index in [1.54, 1.807) is 6.07 Å². The van der Waals surface area contributed by atoms with Gasteiger partial charge in [0.15, 0.2) is 0 Å². The molecule has 29 heavy (non-hydrogen) atoms. The Morgan fingerprint density at radius 1 is 1.03 bits per heavy atom. The fourth-order valence-corrected chi connectivity index (χ4v) is 3.21. The predicted molar refractivity (Wildman–Crippen MR) is 110 cm³/mol. The second-order valence-corrected chi connectivity index (χ2v) is 6.66. The number of fused-ring (bicyclic) bond motifs is 1. The number of nitro groups is 1. The number of benzene rings is 3. The lowest BCUT2D eigenvalue weighted by Gasteiger charge is -2.17. The van der Waals surface area contributed by atoms with Crippen molar-refractivity contribution < 1.29 is 9.72 Å². The minimum Gasteiger partial charge on any atom is -0.342 e. The first kappa shape index (κ1) is 18.4. The Morgan fingerprint density at radius 2 is 1.79 bits per heavy atom. The Kier molecular flexibility index (Phi) is 5.03. The van der Waals surface area contributed by atoms with Gasteiger partial charge >= 0.3 is 0 Å². The molecule has 0 unspecified atom stereocenters. The molecule has 0 radical (unpaired) electrons. The molecule has 7 nitrogen and oxygen atoms in total. The van der Waals surface area contributed by atoms with Crippen molar-refractivity contribution in [2.75, 3.05) is 0 Å². The summed E-state index contributed by atoms with van der Waals surface area (Å²) >= 11 is 0. The van der Waals surface area contributed by atoms with Gasteiger partial charge in [-0.2, -0.15) is 0 Å². The minimum absolute atomic E-state index is 0.124. The zero-order chi connectivity index (χ0) is 20.2. The number of hydrogen-bond acceptors (Lipinski definition) is 4. The average Bonchev–Trinajstić information content (AvgIpc) is 3.18. The normalized spacial score (nSPS) is 11.9. The van der Waals surface area contributed by atoms with Gasteiger partial charge in [-0.25, -0.2) is 4.98 Å². The third-order valence-corrected chi connectivity index (χ3v) is 4.64. The van der Waals surface area contributed by atoms with E-state index >= 15 is 0 Å². The quantitative estimate of drug-likeness (QED) is 0.383. The molecule has 7 heteroatoms. The number of carbonyl (C=O) groups is 1. The number of imidazole rings is 1. The molecule has 0 aliphatic rings. The van der Waals surface area contributed by atoms with Crippen molar-refractivity contribution in [3.63, 3.8) is 0 Å². The molecule has 0 aliphatic heterocycles. The highest BCUT2D eigenvalue weighted by Gasteiger charge is 2.21. The highest BCUT2D eigenvalue weighted by molar-refractivity contribution is 5.95. The molecule has 144 valence electrons. The van der Waals surface area contributed by atoms with Crippen LogP contribution in [0.3, 0.4) is 0 Å². The van der Waals surface area contributed by atoms with E-state index < -0.39 is 16.9 Å². The average molecular weight is 386 g/mol. The summed E-state index contributed by atoms with van der Waals surface area (Å²) in [6.45, 7) is 0. The summed E-state index contributed by atoms with van der Waals surface area (Å²) in [4.78, 5) is 31.2. The van der Waals surface area contributed by atoms with E-state index in [2.05, 4.69) is 15.3 Å². The van der Waals surface area contributed by atoms with Crippen LogP contribution < -0.4 is 5.32 Å². The van der Waals surface area contributed by atoms with Crippen LogP contribution in [-0.4, -0.2) is 20.8 Å². The summed E-state index contributed by atoms with van der Waals surface area (Å²) in [6, 6.07) is 22.7. The summed E-state index contributed by atoms with van der Waals surface area (Å²) < 4.78 is 0. The zero-order valence-corrected chi connectivity index (χ0v) is 15.4. The fourth-order valence-electron chi connectivity index (χ4n) is 3.21. The molecule has 0 bridgehead atoms. The van der Waals surface area contributed by atoms with Gasteiger partial charge in [0, 0.05) is 17.7 Å². The topological polar surface area (TPSA) is 101 Å². The van der Waals surface area contributed by atoms with Gasteiger partial charge in [-0.15, -0.1) is 0 Å². The zero-order valence-electron chi connectivity index (χ0n) is 15.4. The summed E-state index contributed by atoms with van der Waals surface area (Å²) in [5.74, 6) is 0.240. The molecular formula is C22H18N4O3. The molecule has 0 saturated heterocycles. The smallest absolute Gasteiger partial charge is 0.270 e. The van der Waals surface area contributed by atoms with Crippen LogP contribution in [0.4, 0.5) is 5.69 Å². The second-order valence-electron chi connectivity index (χ2n) is 6.66. The summed E-state index contributed by atoms with van der Waals surface area (Å²) in [7, 11) is 0. The van der Waals surface area contributed by atoms with Crippen LogP contribution >= 0.6 is 0 Å². The van der Waals surface area contributed by atoms with E-state index in [4.69, 9.17) is 0 Å². The van der Waals surface area contributed by atoms with Crippen molar-refractivity contribution in [3.05, 3.63) is 106 Å². The lowest BCUT2D eigenvalue weighted by molar-refractivity contribution is -0.384. The first-order valence-electron chi connectivity index (χ1n) is 9.14. The lowest BCUT2D eigenvalue weighted by atomic mass is 10.0. The van der Waals surface area contributed by atoms with Crippen LogP contribution in [0.25, 0.3) is 11.0 Å². The second kappa shape index (κ2) is 7.93. The monoisotopic (exact) mass is 386 g/mol. The van der Waals surface area contributed by atoms with Crippen molar-refractivity contribution in [2.45, 2.75) is 12.5 Å². The molecule has 1 atom stereocenters. The Morgan fingerprint density at radius 3 is 2.55 bits per heavy atom. The maximum atomic E-state index is 12.8. The number of nitrogens with zero attached hydrogens (tertiary/aromatic N) is 2. The SMILES string of the molecule is O=C(N[C@@H](Cc1ccccc1)c1nc2ccccc2[nH]1)c1cccc([N+](=O)[O-])c1. The van der Waals surface area contributed by atoms with E-state index in [1.165, 1.54) is 18.2 Å². The molecule has 0 aliphatic carbocycles. The molecule has 1 heterocycles. The van der Waals surface area contributed by atoms with Crippen molar-refractivity contribution in [1.82, 2.24) is 15.3 Å². The molecule has 4 aromatic rings. The Labute approximate surface area is 166 Å². The number of para-hydroxylation sites is 2. The molecule has 1 aromatic heterocycles. The number of amides is 1. The fraction of sp³-hybridized carbons (Fsp3) is 0.0909. The molecule has 4 rings (SSSR count). The maximum Gasteiger partial charge on any atom is 0.270 e. The maximum absolute atomic E-state index is 12.8. The number of hydrogen-bond donors (Lipinski definition) is 2. The number of nitro benzene ring substituents is 1. The van der Waals surface area contributed by atoms with Crippen molar-refractivity contribution in [3.8, 4) is 0 Å². The van der Waals surface area contributed by atoms with Crippen molar-refractivity contribution in [1.29, 1.82) is 0 Å². The van der Waals surface area contributed by atoms with Gasteiger partial charge in [0.05, 0.1) is 22.0 Å². The van der Waals surface area contributed by atoms with Gasteiger partial charge in [0.2, 0.25) is 0 Å². The summed E-state index contributed by atoms with van der Waals surface area (Å²) in [5.41, 5.74) is 2.84. The van der Waals surface area contributed by atoms with Gasteiger partial charge in [0.1, 0.15) is 5.82 Å². The van der Waals surface area contributed by atoms with E-state index in [1.807, 2.05) is 54.6 Å². The van der Waals surface area contributed by atoms with Crippen LogP contribution in [0.1, 0.15) is 27.8 Å². The molecule has 0 spiro atoms. The van der Waals surface area contributed by atoms with E-state index in [-0.39, 0.29) is 11.3 Å². The molecule has 2 N–H and O–H groups in total. The summed E-state index contributed by atoms with van der Waals surface area (Å²) in [6.07, 6.45) is 0.529. The van der Waals surface area contributed by atoms with Crippen LogP contribution in [0.5, 0.6) is 0 Å². The highest BCUT2D eigenvalue weighted by atomic mass is 16.6. The molecule has 0 fully saturated rings. The number of carbonyl (C=O) groups excluding carboxylic acids is 1. The molecule has 0 saturated carbocycles. The van der Waals surface area contributed by atoms with Gasteiger partial charge < -0.3 is 10.3 Å². The Bertz CT molecular complexity index is 1140. The van der Waals surface area contributed by atoms with Gasteiger partial charge in [0.25, 0.3) is 11.6 Å². The third kappa shape index (κ3) is 4.14. The molecule has 1 amide bonds. The van der Waals surface area contributed by atoms with Crippen LogP contribution in [-0.2, 0) is 6.42 Å². The minimum atomic E-state index is -0.516. The van der Waals surface area contributed by atoms with Crippen LogP contribution in [0.2, 0.25) is 0 Å². The standard InChI is InChI=1S/C22H18N4O3/c27-22(16-9-6-10-17(14-16)26(28)29)25-20(13-15-7-2-1-3-8-15)21-23-18-11-4-5-12-19(18)24-21/h1-12,14,20H,13H2,(H,23,24)(H,25,27)/t20-/m0/s1.